The fourth-order valence-electron chi connectivity index (χ4n) is 4.89. The molecule has 2 atom stereocenters. The van der Waals surface area contributed by atoms with Gasteiger partial charge in [0.15, 0.2) is 5.13 Å². The van der Waals surface area contributed by atoms with Crippen LogP contribution in [-0.4, -0.2) is 47.1 Å². The quantitative estimate of drug-likeness (QED) is 0.132. The summed E-state index contributed by atoms with van der Waals surface area (Å²) in [5.74, 6) is -1.39. The first-order valence-electron chi connectivity index (χ1n) is 12.8. The van der Waals surface area contributed by atoms with Crippen molar-refractivity contribution in [1.82, 2.24) is 4.98 Å². The van der Waals surface area contributed by atoms with Gasteiger partial charge in [-0.15, -0.1) is 0 Å². The summed E-state index contributed by atoms with van der Waals surface area (Å²) >= 11 is 0.941. The standard InChI is InChI=1S/C30H28N2O7S/c1-5-12-38-29(36)27-17(4)31-30(40-27)32-24(18-8-7-9-21(15-18)37-6-2)23(26(34)28(32)35)25(33)19-10-11-22-20(14-19)13-16(3)39-22/h5,7-11,14-16,24,33H,1,6,12-13H2,2-4H3/b25-23+. The number of benzene rings is 2. The Morgan fingerprint density at radius 3 is 2.83 bits per heavy atom. The van der Waals surface area contributed by atoms with Crippen LogP contribution >= 0.6 is 11.3 Å². The van der Waals surface area contributed by atoms with Crippen molar-refractivity contribution in [2.75, 3.05) is 18.1 Å². The predicted molar refractivity (Wildman–Crippen MR) is 150 cm³/mol. The maximum Gasteiger partial charge on any atom is 0.350 e. The number of aliphatic hydroxyl groups is 1. The molecule has 1 N–H and O–H groups in total. The number of Topliss-reactive ketones (excluding diaryl/α,β-unsaturated/α-hetero) is 1. The summed E-state index contributed by atoms with van der Waals surface area (Å²) in [6.07, 6.45) is 2.11. The van der Waals surface area contributed by atoms with Gasteiger partial charge < -0.3 is 19.3 Å². The fourth-order valence-corrected chi connectivity index (χ4v) is 5.87. The molecular weight excluding hydrogens is 532 g/mol. The summed E-state index contributed by atoms with van der Waals surface area (Å²) in [6, 6.07) is 11.1. The van der Waals surface area contributed by atoms with E-state index >= 15 is 0 Å². The van der Waals surface area contributed by atoms with Crippen LogP contribution in [0.3, 0.4) is 0 Å². The van der Waals surface area contributed by atoms with Crippen LogP contribution in [0.4, 0.5) is 5.13 Å². The van der Waals surface area contributed by atoms with Crippen LogP contribution in [0.15, 0.2) is 60.7 Å². The summed E-state index contributed by atoms with van der Waals surface area (Å²) in [7, 11) is 0. The topological polar surface area (TPSA) is 115 Å². The Morgan fingerprint density at radius 2 is 2.08 bits per heavy atom. The Balaban J connectivity index is 1.65. The summed E-state index contributed by atoms with van der Waals surface area (Å²) in [5.41, 5.74) is 2.09. The van der Waals surface area contributed by atoms with Crippen molar-refractivity contribution in [3.8, 4) is 11.5 Å². The second-order valence-corrected chi connectivity index (χ2v) is 10.4. The maximum absolute atomic E-state index is 13.6. The molecule has 206 valence electrons. The Hall–Kier alpha value is -4.44. The van der Waals surface area contributed by atoms with E-state index in [-0.39, 0.29) is 34.1 Å². The van der Waals surface area contributed by atoms with E-state index in [2.05, 4.69) is 11.6 Å². The average Bonchev–Trinajstić information content (AvgIpc) is 3.59. The third kappa shape index (κ3) is 4.86. The van der Waals surface area contributed by atoms with Gasteiger partial charge in [-0.2, -0.15) is 0 Å². The fraction of sp³-hybridized carbons (Fsp3) is 0.267. The van der Waals surface area contributed by atoms with Crippen molar-refractivity contribution in [2.24, 2.45) is 0 Å². The van der Waals surface area contributed by atoms with Gasteiger partial charge in [0.2, 0.25) is 0 Å². The monoisotopic (exact) mass is 560 g/mol. The molecular formula is C30H28N2O7S. The molecule has 1 aromatic heterocycles. The molecule has 2 aromatic carbocycles. The number of hydrogen-bond donors (Lipinski definition) is 1. The summed E-state index contributed by atoms with van der Waals surface area (Å²) in [4.78, 5) is 45.6. The van der Waals surface area contributed by atoms with Gasteiger partial charge in [0, 0.05) is 12.0 Å². The van der Waals surface area contributed by atoms with Crippen LogP contribution in [0.1, 0.15) is 51.9 Å². The van der Waals surface area contributed by atoms with Gasteiger partial charge in [-0.1, -0.05) is 36.1 Å². The molecule has 2 aliphatic heterocycles. The molecule has 1 saturated heterocycles. The van der Waals surface area contributed by atoms with E-state index in [4.69, 9.17) is 14.2 Å². The van der Waals surface area contributed by atoms with Gasteiger partial charge in [-0.05, 0) is 62.2 Å². The Bertz CT molecular complexity index is 1560. The number of rotatable bonds is 8. The third-order valence-electron chi connectivity index (χ3n) is 6.61. The zero-order chi connectivity index (χ0) is 28.6. The SMILES string of the molecule is C=CCOC(=O)c1sc(N2C(=O)C(=O)/C(=C(/O)c3ccc4c(c3)CC(C)O4)C2c2cccc(OCC)c2)nc1C. The number of ether oxygens (including phenoxy) is 3. The van der Waals surface area contributed by atoms with E-state index in [1.807, 2.05) is 13.8 Å². The highest BCUT2D eigenvalue weighted by atomic mass is 32.1. The number of aliphatic hydroxyl groups excluding tert-OH is 1. The molecule has 3 aromatic rings. The zero-order valence-corrected chi connectivity index (χ0v) is 23.1. The number of hydrogen-bond acceptors (Lipinski definition) is 9. The van der Waals surface area contributed by atoms with Gasteiger partial charge >= 0.3 is 11.9 Å². The van der Waals surface area contributed by atoms with E-state index in [0.717, 1.165) is 22.6 Å². The number of nitrogens with zero attached hydrogens (tertiary/aromatic N) is 2. The Morgan fingerprint density at radius 1 is 1.27 bits per heavy atom. The lowest BCUT2D eigenvalue weighted by atomic mass is 9.94. The lowest BCUT2D eigenvalue weighted by Crippen LogP contribution is -2.29. The molecule has 5 rings (SSSR count). The molecule has 40 heavy (non-hydrogen) atoms. The van der Waals surface area contributed by atoms with Crippen LogP contribution < -0.4 is 14.4 Å². The van der Waals surface area contributed by atoms with Crippen molar-refractivity contribution in [3.05, 3.63) is 88.0 Å². The molecule has 9 nitrogen and oxygen atoms in total. The Kier molecular flexibility index (Phi) is 7.44. The number of ketones is 1. The lowest BCUT2D eigenvalue weighted by Gasteiger charge is -2.23. The van der Waals surface area contributed by atoms with E-state index in [1.165, 1.54) is 11.0 Å². The van der Waals surface area contributed by atoms with Crippen molar-refractivity contribution < 1.29 is 33.7 Å². The van der Waals surface area contributed by atoms with Crippen molar-refractivity contribution in [1.29, 1.82) is 0 Å². The minimum absolute atomic E-state index is 0.000195. The number of esters is 1. The van der Waals surface area contributed by atoms with E-state index in [0.29, 0.717) is 35.6 Å². The number of carbonyl (C=O) groups is 3. The molecule has 10 heteroatoms. The van der Waals surface area contributed by atoms with Crippen molar-refractivity contribution in [3.63, 3.8) is 0 Å². The number of amides is 1. The first-order valence-corrected chi connectivity index (χ1v) is 13.6. The number of fused-ring (bicyclic) bond motifs is 1. The van der Waals surface area contributed by atoms with Gasteiger partial charge in [0.1, 0.15) is 34.8 Å². The van der Waals surface area contributed by atoms with Crippen molar-refractivity contribution >= 4 is 39.9 Å². The molecule has 0 spiro atoms. The molecule has 2 unspecified atom stereocenters. The number of carbonyl (C=O) groups excluding carboxylic acids is 3. The molecule has 0 bridgehead atoms. The molecule has 2 aliphatic rings. The first-order chi connectivity index (χ1) is 19.2. The summed E-state index contributed by atoms with van der Waals surface area (Å²) < 4.78 is 16.6. The van der Waals surface area contributed by atoms with E-state index in [9.17, 15) is 19.5 Å². The van der Waals surface area contributed by atoms with Gasteiger partial charge in [-0.3, -0.25) is 14.5 Å². The summed E-state index contributed by atoms with van der Waals surface area (Å²) in [5, 5.41) is 11.7. The third-order valence-corrected chi connectivity index (χ3v) is 7.74. The number of anilines is 1. The summed E-state index contributed by atoms with van der Waals surface area (Å²) in [6.45, 7) is 9.41. The van der Waals surface area contributed by atoms with E-state index in [1.54, 1.807) is 49.4 Å². The first kappa shape index (κ1) is 27.1. The molecule has 0 radical (unpaired) electrons. The van der Waals surface area contributed by atoms with Gasteiger partial charge in [0.25, 0.3) is 5.78 Å². The highest BCUT2D eigenvalue weighted by molar-refractivity contribution is 7.17. The number of thiazole rings is 1. The number of aryl methyl sites for hydroxylation is 1. The largest absolute Gasteiger partial charge is 0.507 e. The van der Waals surface area contributed by atoms with E-state index < -0.39 is 23.7 Å². The van der Waals surface area contributed by atoms with Crippen LogP contribution in [-0.2, 0) is 20.7 Å². The number of aromatic nitrogens is 1. The van der Waals surface area contributed by atoms with Crippen LogP contribution in [0.2, 0.25) is 0 Å². The van der Waals surface area contributed by atoms with Gasteiger partial charge in [-0.25, -0.2) is 9.78 Å². The molecule has 3 heterocycles. The normalized spacial score (nSPS) is 19.3. The minimum Gasteiger partial charge on any atom is -0.507 e. The molecule has 1 fully saturated rings. The minimum atomic E-state index is -1.02. The average molecular weight is 561 g/mol. The van der Waals surface area contributed by atoms with Crippen LogP contribution in [0.25, 0.3) is 5.76 Å². The maximum atomic E-state index is 13.6. The molecule has 0 saturated carbocycles. The Labute approximate surface area is 235 Å². The van der Waals surface area contributed by atoms with Gasteiger partial charge in [0.05, 0.1) is 23.9 Å². The zero-order valence-electron chi connectivity index (χ0n) is 22.3. The van der Waals surface area contributed by atoms with Crippen molar-refractivity contribution in [2.45, 2.75) is 39.3 Å². The lowest BCUT2D eigenvalue weighted by molar-refractivity contribution is -0.132. The second-order valence-electron chi connectivity index (χ2n) is 9.43. The van der Waals surface area contributed by atoms with Crippen LogP contribution in [0, 0.1) is 6.92 Å². The highest BCUT2D eigenvalue weighted by Gasteiger charge is 2.48. The molecule has 1 amide bonds. The second kappa shape index (κ2) is 11.0. The highest BCUT2D eigenvalue weighted by Crippen LogP contribution is 2.45. The molecule has 0 aliphatic carbocycles. The predicted octanol–water partition coefficient (Wildman–Crippen LogP) is 5.14. The smallest absolute Gasteiger partial charge is 0.350 e. The van der Waals surface area contributed by atoms with Crippen LogP contribution in [0.5, 0.6) is 11.5 Å².